The number of hydrogen-bond donors (Lipinski definition) is 1. The summed E-state index contributed by atoms with van der Waals surface area (Å²) in [6.45, 7) is 2.36. The second-order valence-electron chi connectivity index (χ2n) is 5.79. The smallest absolute Gasteiger partial charge is 0.266 e. The van der Waals surface area contributed by atoms with Crippen LogP contribution in [0.3, 0.4) is 0 Å². The fraction of sp³-hybridized carbons (Fsp3) is 0.105. The summed E-state index contributed by atoms with van der Waals surface area (Å²) in [5.74, 6) is -0.381. The van der Waals surface area contributed by atoms with Crippen LogP contribution >= 0.6 is 43.5 Å². The average molecular weight is 511 g/mol. The molecule has 3 rings (SSSR count). The third-order valence-electron chi connectivity index (χ3n) is 3.78. The maximum absolute atomic E-state index is 12.4. The predicted molar refractivity (Wildman–Crippen MR) is 114 cm³/mol. The third kappa shape index (κ3) is 5.28. The van der Waals surface area contributed by atoms with Crippen LogP contribution in [0.5, 0.6) is 0 Å². The highest BCUT2D eigenvalue weighted by Gasteiger charge is 2.15. The first-order valence-electron chi connectivity index (χ1n) is 8.00. The quantitative estimate of drug-likeness (QED) is 0.376. The highest BCUT2D eigenvalue weighted by Crippen LogP contribution is 2.17. The first-order valence-corrected chi connectivity index (χ1v) is 9.97. The Morgan fingerprint density at radius 3 is 2.48 bits per heavy atom. The second kappa shape index (κ2) is 8.82. The minimum atomic E-state index is -0.381. The molecule has 0 fully saturated rings. The van der Waals surface area contributed by atoms with E-state index in [0.717, 1.165) is 15.6 Å². The Morgan fingerprint density at radius 2 is 1.81 bits per heavy atom. The number of rotatable bonds is 5. The van der Waals surface area contributed by atoms with E-state index in [2.05, 4.69) is 47.5 Å². The zero-order valence-corrected chi connectivity index (χ0v) is 18.2. The maximum atomic E-state index is 12.4. The van der Waals surface area contributed by atoms with Crippen LogP contribution in [-0.2, 0) is 6.54 Å². The van der Waals surface area contributed by atoms with Crippen molar-refractivity contribution in [2.45, 2.75) is 13.5 Å². The Labute approximate surface area is 178 Å². The molecule has 0 bridgehead atoms. The summed E-state index contributed by atoms with van der Waals surface area (Å²) in [6.07, 6.45) is 1.76. The van der Waals surface area contributed by atoms with Crippen LogP contribution in [0.15, 0.2) is 68.8 Å². The van der Waals surface area contributed by atoms with Crippen molar-refractivity contribution < 1.29 is 4.79 Å². The van der Waals surface area contributed by atoms with E-state index in [1.165, 1.54) is 0 Å². The van der Waals surface area contributed by atoms with E-state index < -0.39 is 0 Å². The summed E-state index contributed by atoms with van der Waals surface area (Å²) in [5.41, 5.74) is 5.48. The summed E-state index contributed by atoms with van der Waals surface area (Å²) in [7, 11) is 0. The molecule has 5 nitrogen and oxygen atoms in total. The Bertz CT molecular complexity index is 982. The van der Waals surface area contributed by atoms with Gasteiger partial charge in [0.05, 0.1) is 16.7 Å². The monoisotopic (exact) mass is 508 g/mol. The summed E-state index contributed by atoms with van der Waals surface area (Å²) in [6, 6.07) is 15.2. The van der Waals surface area contributed by atoms with E-state index in [-0.39, 0.29) is 11.6 Å². The molecular weight excluding hydrogens is 495 g/mol. The molecule has 0 aliphatic carbocycles. The van der Waals surface area contributed by atoms with Crippen LogP contribution in [0.2, 0.25) is 5.02 Å². The molecule has 1 heterocycles. The standard InChI is InChI=1S/C19H15Br2ClN4O/c1-12(14-4-6-15(20)7-5-14)23-24-19(27)18-17(21)11-26(25-18)10-13-2-8-16(22)9-3-13/h2-9,11H,10H2,1H3,(H,24,27)/b23-12-. The van der Waals surface area contributed by atoms with E-state index in [9.17, 15) is 4.79 Å². The molecular formula is C19H15Br2ClN4O. The van der Waals surface area contributed by atoms with Gasteiger partial charge in [0.15, 0.2) is 5.69 Å². The number of nitrogens with zero attached hydrogens (tertiary/aromatic N) is 3. The molecule has 0 aliphatic rings. The lowest BCUT2D eigenvalue weighted by Crippen LogP contribution is -2.20. The molecule has 1 aromatic heterocycles. The van der Waals surface area contributed by atoms with Gasteiger partial charge in [-0.3, -0.25) is 9.48 Å². The number of aromatic nitrogens is 2. The van der Waals surface area contributed by atoms with Crippen molar-refractivity contribution >= 4 is 55.1 Å². The highest BCUT2D eigenvalue weighted by atomic mass is 79.9. The van der Waals surface area contributed by atoms with E-state index >= 15 is 0 Å². The lowest BCUT2D eigenvalue weighted by molar-refractivity contribution is 0.0948. The molecule has 0 aliphatic heterocycles. The lowest BCUT2D eigenvalue weighted by Gasteiger charge is -2.03. The number of benzene rings is 2. The molecule has 0 radical (unpaired) electrons. The zero-order valence-electron chi connectivity index (χ0n) is 14.3. The fourth-order valence-corrected chi connectivity index (χ4v) is 3.24. The fourth-order valence-electron chi connectivity index (χ4n) is 2.35. The highest BCUT2D eigenvalue weighted by molar-refractivity contribution is 9.10. The molecule has 3 aromatic rings. The van der Waals surface area contributed by atoms with Crippen molar-refractivity contribution in [3.63, 3.8) is 0 Å². The summed E-state index contributed by atoms with van der Waals surface area (Å²) < 4.78 is 3.27. The number of nitrogens with one attached hydrogen (secondary N) is 1. The average Bonchev–Trinajstić information content (AvgIpc) is 3.02. The number of carbonyl (C=O) groups is 1. The first kappa shape index (κ1) is 19.8. The molecule has 0 saturated heterocycles. The Kier molecular flexibility index (Phi) is 6.46. The summed E-state index contributed by atoms with van der Waals surface area (Å²) in [5, 5.41) is 9.18. The van der Waals surface area contributed by atoms with E-state index in [0.29, 0.717) is 21.8 Å². The van der Waals surface area contributed by atoms with Gasteiger partial charge in [-0.2, -0.15) is 10.2 Å². The molecule has 1 N–H and O–H groups in total. The van der Waals surface area contributed by atoms with Crippen molar-refractivity contribution in [2.75, 3.05) is 0 Å². The largest absolute Gasteiger partial charge is 0.293 e. The van der Waals surface area contributed by atoms with Crippen LogP contribution < -0.4 is 5.43 Å². The minimum absolute atomic E-state index is 0.274. The Morgan fingerprint density at radius 1 is 1.15 bits per heavy atom. The van der Waals surface area contributed by atoms with Crippen LogP contribution in [0.1, 0.15) is 28.5 Å². The zero-order chi connectivity index (χ0) is 19.4. The van der Waals surface area contributed by atoms with Gasteiger partial charge in [-0.15, -0.1) is 0 Å². The predicted octanol–water partition coefficient (Wildman–Crippen LogP) is 5.26. The van der Waals surface area contributed by atoms with Gasteiger partial charge >= 0.3 is 0 Å². The SMILES string of the molecule is C/C(=N/NC(=O)c1nn(Cc2ccc(Cl)cc2)cc1Br)c1ccc(Br)cc1. The molecule has 0 spiro atoms. The number of halogens is 3. The van der Waals surface area contributed by atoms with Crippen molar-refractivity contribution in [1.82, 2.24) is 15.2 Å². The molecule has 0 unspecified atom stereocenters. The number of hydrogen-bond acceptors (Lipinski definition) is 3. The van der Waals surface area contributed by atoms with Crippen LogP contribution in [0.25, 0.3) is 0 Å². The molecule has 27 heavy (non-hydrogen) atoms. The molecule has 0 atom stereocenters. The molecule has 8 heteroatoms. The van der Waals surface area contributed by atoms with Gasteiger partial charge in [0.2, 0.25) is 0 Å². The van der Waals surface area contributed by atoms with Crippen molar-refractivity contribution in [1.29, 1.82) is 0 Å². The summed E-state index contributed by atoms with van der Waals surface area (Å²) in [4.78, 5) is 12.4. The third-order valence-corrected chi connectivity index (χ3v) is 5.14. The molecule has 0 saturated carbocycles. The molecule has 138 valence electrons. The second-order valence-corrected chi connectivity index (χ2v) is 8.00. The molecule has 2 aromatic carbocycles. The van der Waals surface area contributed by atoms with Gasteiger partial charge in [0, 0.05) is 15.7 Å². The van der Waals surface area contributed by atoms with Crippen LogP contribution in [0.4, 0.5) is 0 Å². The lowest BCUT2D eigenvalue weighted by atomic mass is 10.1. The maximum Gasteiger partial charge on any atom is 0.293 e. The van der Waals surface area contributed by atoms with Gasteiger partial charge in [-0.25, -0.2) is 5.43 Å². The molecule has 1 amide bonds. The van der Waals surface area contributed by atoms with Crippen molar-refractivity contribution in [3.8, 4) is 0 Å². The Hall–Kier alpha value is -1.96. The minimum Gasteiger partial charge on any atom is -0.266 e. The van der Waals surface area contributed by atoms with E-state index in [1.54, 1.807) is 10.9 Å². The topological polar surface area (TPSA) is 59.3 Å². The summed E-state index contributed by atoms with van der Waals surface area (Å²) >= 11 is 12.7. The number of carbonyl (C=O) groups excluding carboxylic acids is 1. The first-order chi connectivity index (χ1) is 12.9. The number of amides is 1. The van der Waals surface area contributed by atoms with Crippen LogP contribution in [-0.4, -0.2) is 21.4 Å². The van der Waals surface area contributed by atoms with Gasteiger partial charge in [-0.1, -0.05) is 51.8 Å². The van der Waals surface area contributed by atoms with Crippen molar-refractivity contribution in [2.24, 2.45) is 5.10 Å². The Balaban J connectivity index is 1.69. The normalized spacial score (nSPS) is 11.5. The van der Waals surface area contributed by atoms with Crippen LogP contribution in [0, 0.1) is 0 Å². The van der Waals surface area contributed by atoms with E-state index in [1.807, 2.05) is 55.5 Å². The van der Waals surface area contributed by atoms with Gasteiger partial charge < -0.3 is 0 Å². The number of hydrazone groups is 1. The van der Waals surface area contributed by atoms with Gasteiger partial charge in [0.25, 0.3) is 5.91 Å². The van der Waals surface area contributed by atoms with Crippen molar-refractivity contribution in [3.05, 3.63) is 85.5 Å². The van der Waals surface area contributed by atoms with Gasteiger partial charge in [-0.05, 0) is 58.2 Å². The van der Waals surface area contributed by atoms with E-state index in [4.69, 9.17) is 11.6 Å². The van der Waals surface area contributed by atoms with Gasteiger partial charge in [0.1, 0.15) is 0 Å².